The zero-order valence-corrected chi connectivity index (χ0v) is 22.8. The molecule has 5 aromatic rings. The Morgan fingerprint density at radius 3 is 2.14 bits per heavy atom. The Morgan fingerprint density at radius 1 is 0.686 bits per heavy atom. The van der Waals surface area contributed by atoms with Gasteiger partial charge in [-0.2, -0.15) is 0 Å². The molecular weight excluding hydrogens is 496 g/mol. The van der Waals surface area contributed by atoms with Crippen LogP contribution in [0.2, 0.25) is 0 Å². The van der Waals surface area contributed by atoms with Gasteiger partial charge >= 0.3 is 0 Å². The second-order valence-corrected chi connectivity index (χ2v) is 12.1. The van der Waals surface area contributed by atoms with Gasteiger partial charge in [0.25, 0.3) is 0 Å². The van der Waals surface area contributed by atoms with Crippen LogP contribution in [0.3, 0.4) is 0 Å². The maximum atomic E-state index is 6.40. The average Bonchev–Trinajstić information content (AvgIpc) is 3.11. The molecule has 0 saturated heterocycles. The van der Waals surface area contributed by atoms with E-state index in [1.807, 2.05) is 12.3 Å². The number of halogens is 1. The van der Waals surface area contributed by atoms with Crippen molar-refractivity contribution in [2.24, 2.45) is 0 Å². The molecular formula is C31H31BrN2O. The Morgan fingerprint density at radius 2 is 1.40 bits per heavy atom. The van der Waals surface area contributed by atoms with Crippen molar-refractivity contribution in [3.63, 3.8) is 0 Å². The highest BCUT2D eigenvalue weighted by Gasteiger charge is 2.19. The lowest BCUT2D eigenvalue weighted by atomic mass is 9.87. The van der Waals surface area contributed by atoms with Gasteiger partial charge in [0, 0.05) is 27.5 Å². The quantitative estimate of drug-likeness (QED) is 0.234. The molecule has 2 aromatic heterocycles. The molecule has 0 amide bonds. The van der Waals surface area contributed by atoms with Crippen LogP contribution in [0, 0.1) is 0 Å². The number of hydrogen-bond donors (Lipinski definition) is 0. The number of hydrogen-bond acceptors (Lipinski definition) is 2. The van der Waals surface area contributed by atoms with Crippen molar-refractivity contribution < 1.29 is 4.74 Å². The van der Waals surface area contributed by atoms with Crippen molar-refractivity contribution in [2.75, 3.05) is 0 Å². The molecule has 0 unspecified atom stereocenters. The molecule has 4 heteroatoms. The number of rotatable bonds is 3. The van der Waals surface area contributed by atoms with Gasteiger partial charge in [0.1, 0.15) is 17.3 Å². The Bertz CT molecular complexity index is 1550. The second-order valence-electron chi connectivity index (χ2n) is 11.2. The molecule has 0 saturated carbocycles. The van der Waals surface area contributed by atoms with Gasteiger partial charge in [-0.15, -0.1) is 0 Å². The summed E-state index contributed by atoms with van der Waals surface area (Å²) < 4.78 is 9.66. The lowest BCUT2D eigenvalue weighted by molar-refractivity contribution is 0.478. The summed E-state index contributed by atoms with van der Waals surface area (Å²) in [6.45, 7) is 13.3. The number of para-hydroxylation sites is 1. The lowest BCUT2D eigenvalue weighted by Gasteiger charge is -2.20. The van der Waals surface area contributed by atoms with Gasteiger partial charge in [0.15, 0.2) is 0 Å². The van der Waals surface area contributed by atoms with E-state index in [-0.39, 0.29) is 10.8 Å². The maximum Gasteiger partial charge on any atom is 0.137 e. The van der Waals surface area contributed by atoms with Crippen LogP contribution < -0.4 is 4.74 Å². The summed E-state index contributed by atoms with van der Waals surface area (Å²) >= 11 is 3.65. The second kappa shape index (κ2) is 8.53. The third-order valence-corrected chi connectivity index (χ3v) is 6.92. The largest absolute Gasteiger partial charge is 0.457 e. The smallest absolute Gasteiger partial charge is 0.137 e. The Labute approximate surface area is 215 Å². The fraction of sp³-hybridized carbons (Fsp3) is 0.258. The highest BCUT2D eigenvalue weighted by Crippen LogP contribution is 2.37. The van der Waals surface area contributed by atoms with E-state index in [0.717, 1.165) is 32.8 Å². The summed E-state index contributed by atoms with van der Waals surface area (Å²) in [6.07, 6.45) is 1.91. The van der Waals surface area contributed by atoms with Crippen LogP contribution in [0.5, 0.6) is 11.5 Å². The molecule has 0 aliphatic rings. The Kier molecular flexibility index (Phi) is 5.76. The zero-order chi connectivity index (χ0) is 25.0. The molecule has 0 aliphatic carbocycles. The van der Waals surface area contributed by atoms with E-state index in [1.165, 1.54) is 21.9 Å². The number of fused-ring (bicyclic) bond motifs is 3. The first-order valence-corrected chi connectivity index (χ1v) is 12.8. The predicted molar refractivity (Wildman–Crippen MR) is 150 cm³/mol. The van der Waals surface area contributed by atoms with Gasteiger partial charge in [-0.3, -0.25) is 4.57 Å². The van der Waals surface area contributed by atoms with Crippen molar-refractivity contribution >= 4 is 37.7 Å². The number of aromatic nitrogens is 2. The number of pyridine rings is 1. The van der Waals surface area contributed by atoms with Crippen LogP contribution in [-0.4, -0.2) is 9.55 Å². The molecule has 2 heterocycles. The minimum absolute atomic E-state index is 0.0298. The molecule has 0 N–H and O–H groups in total. The number of nitrogens with zero attached hydrogens (tertiary/aromatic N) is 2. The molecule has 0 radical (unpaired) electrons. The summed E-state index contributed by atoms with van der Waals surface area (Å²) in [4.78, 5) is 4.78. The standard InChI is InChI=1S/C31H31BrN2O/c1-30(2,3)20-13-14-33-29(17-20)34-27-10-8-7-9-25(27)26-12-11-23(19-28(26)34)35-24-16-21(31(4,5)6)15-22(32)18-24/h7-19H,1-6H3. The highest BCUT2D eigenvalue weighted by molar-refractivity contribution is 9.10. The monoisotopic (exact) mass is 526 g/mol. The number of benzene rings is 3. The van der Waals surface area contributed by atoms with Crippen LogP contribution in [-0.2, 0) is 10.8 Å². The van der Waals surface area contributed by atoms with Gasteiger partial charge in [0.2, 0.25) is 0 Å². The van der Waals surface area contributed by atoms with Gasteiger partial charge in [-0.05, 0) is 70.5 Å². The molecule has 178 valence electrons. The topological polar surface area (TPSA) is 27.1 Å². The predicted octanol–water partition coefficient (Wildman–Crippen LogP) is 9.33. The zero-order valence-electron chi connectivity index (χ0n) is 21.2. The normalized spacial score (nSPS) is 12.4. The van der Waals surface area contributed by atoms with Crippen LogP contribution in [0.25, 0.3) is 27.6 Å². The van der Waals surface area contributed by atoms with Crippen molar-refractivity contribution in [1.82, 2.24) is 9.55 Å². The van der Waals surface area contributed by atoms with Crippen LogP contribution in [0.4, 0.5) is 0 Å². The van der Waals surface area contributed by atoms with E-state index in [4.69, 9.17) is 9.72 Å². The first-order chi connectivity index (χ1) is 16.5. The van der Waals surface area contributed by atoms with Crippen molar-refractivity contribution in [3.8, 4) is 17.3 Å². The van der Waals surface area contributed by atoms with Gasteiger partial charge in [-0.1, -0.05) is 75.7 Å². The maximum absolute atomic E-state index is 6.40. The summed E-state index contributed by atoms with van der Waals surface area (Å²) in [5, 5.41) is 2.38. The third kappa shape index (κ3) is 4.60. The van der Waals surface area contributed by atoms with E-state index in [2.05, 4.69) is 129 Å². The Balaban J connectivity index is 1.67. The molecule has 5 rings (SSSR count). The minimum Gasteiger partial charge on any atom is -0.457 e. The fourth-order valence-electron chi connectivity index (χ4n) is 4.46. The highest BCUT2D eigenvalue weighted by atomic mass is 79.9. The van der Waals surface area contributed by atoms with E-state index in [0.29, 0.717) is 0 Å². The van der Waals surface area contributed by atoms with Crippen molar-refractivity contribution in [3.05, 3.63) is 94.6 Å². The first-order valence-electron chi connectivity index (χ1n) is 12.0. The first kappa shape index (κ1) is 23.6. The van der Waals surface area contributed by atoms with Gasteiger partial charge < -0.3 is 4.74 Å². The molecule has 3 aromatic carbocycles. The van der Waals surface area contributed by atoms with Crippen molar-refractivity contribution in [2.45, 2.75) is 52.4 Å². The summed E-state index contributed by atoms with van der Waals surface area (Å²) in [6, 6.07) is 25.4. The molecule has 0 fully saturated rings. The molecule has 0 bridgehead atoms. The van der Waals surface area contributed by atoms with E-state index < -0.39 is 0 Å². The SMILES string of the molecule is CC(C)(C)c1cc(Br)cc(Oc2ccc3c4ccccc4n(-c4cc(C(C)(C)C)ccn4)c3c2)c1. The lowest BCUT2D eigenvalue weighted by Crippen LogP contribution is -2.12. The van der Waals surface area contributed by atoms with Gasteiger partial charge in [0.05, 0.1) is 11.0 Å². The van der Waals surface area contributed by atoms with Gasteiger partial charge in [-0.25, -0.2) is 4.98 Å². The molecule has 0 spiro atoms. The molecule has 3 nitrogen and oxygen atoms in total. The van der Waals surface area contributed by atoms with Crippen LogP contribution >= 0.6 is 15.9 Å². The molecule has 0 aliphatic heterocycles. The fourth-order valence-corrected chi connectivity index (χ4v) is 4.93. The summed E-state index contributed by atoms with van der Waals surface area (Å²) in [7, 11) is 0. The third-order valence-electron chi connectivity index (χ3n) is 6.46. The molecule has 0 atom stereocenters. The van der Waals surface area contributed by atoms with E-state index in [1.54, 1.807) is 0 Å². The van der Waals surface area contributed by atoms with E-state index >= 15 is 0 Å². The summed E-state index contributed by atoms with van der Waals surface area (Å²) in [5.74, 6) is 2.53. The van der Waals surface area contributed by atoms with Crippen LogP contribution in [0.15, 0.2) is 83.5 Å². The molecule has 35 heavy (non-hydrogen) atoms. The number of ether oxygens (including phenoxy) is 1. The summed E-state index contributed by atoms with van der Waals surface area (Å²) in [5.41, 5.74) is 4.76. The average molecular weight is 528 g/mol. The minimum atomic E-state index is 0.0298. The van der Waals surface area contributed by atoms with Crippen LogP contribution in [0.1, 0.15) is 52.7 Å². The van der Waals surface area contributed by atoms with Crippen molar-refractivity contribution in [1.29, 1.82) is 0 Å². The van der Waals surface area contributed by atoms with E-state index in [9.17, 15) is 0 Å². The Hall–Kier alpha value is -3.11.